The zero-order valence-corrected chi connectivity index (χ0v) is 23.9. The molecule has 41 heavy (non-hydrogen) atoms. The third-order valence-corrected chi connectivity index (χ3v) is 9.75. The summed E-state index contributed by atoms with van der Waals surface area (Å²) in [6, 6.07) is 13.8. The normalized spacial score (nSPS) is 24.7. The van der Waals surface area contributed by atoms with Crippen LogP contribution in [0.1, 0.15) is 95.9 Å². The van der Waals surface area contributed by atoms with E-state index in [9.17, 15) is 19.5 Å². The summed E-state index contributed by atoms with van der Waals surface area (Å²) in [5.74, 6) is -1.14. The van der Waals surface area contributed by atoms with E-state index in [1.807, 2.05) is 28.8 Å². The zero-order chi connectivity index (χ0) is 28.3. The highest BCUT2D eigenvalue weighted by Crippen LogP contribution is 2.42. The van der Waals surface area contributed by atoms with Crippen molar-refractivity contribution in [1.82, 2.24) is 19.0 Å². The first-order valence-electron chi connectivity index (χ1n) is 15.7. The molecule has 2 aliphatic heterocycles. The minimum Gasteiger partial charge on any atom is -0.480 e. The maximum absolute atomic E-state index is 14.3. The van der Waals surface area contributed by atoms with E-state index in [0.717, 1.165) is 22.9 Å². The van der Waals surface area contributed by atoms with Crippen LogP contribution >= 0.6 is 0 Å². The van der Waals surface area contributed by atoms with Crippen LogP contribution < -0.4 is 11.1 Å². The van der Waals surface area contributed by atoms with Gasteiger partial charge in [0.1, 0.15) is 6.54 Å². The van der Waals surface area contributed by atoms with Gasteiger partial charge < -0.3 is 9.67 Å². The van der Waals surface area contributed by atoms with Crippen LogP contribution in [-0.2, 0) is 11.3 Å². The Hall–Kier alpha value is -3.26. The molecule has 3 fully saturated rings. The molecule has 4 heterocycles. The molecule has 1 N–H and O–H groups in total. The minimum atomic E-state index is -1.14. The number of benzene rings is 1. The lowest BCUT2D eigenvalue weighted by Gasteiger charge is -2.53. The highest BCUT2D eigenvalue weighted by molar-refractivity contribution is 5.78. The van der Waals surface area contributed by atoms with Gasteiger partial charge in [-0.05, 0) is 56.7 Å². The largest absolute Gasteiger partial charge is 0.480 e. The van der Waals surface area contributed by atoms with E-state index in [2.05, 4.69) is 4.90 Å². The van der Waals surface area contributed by atoms with E-state index in [4.69, 9.17) is 4.98 Å². The van der Waals surface area contributed by atoms with Gasteiger partial charge in [-0.1, -0.05) is 69.6 Å². The lowest BCUT2D eigenvalue weighted by Crippen LogP contribution is -2.57. The van der Waals surface area contributed by atoms with Crippen LogP contribution in [0.5, 0.6) is 0 Å². The van der Waals surface area contributed by atoms with Crippen LogP contribution in [-0.4, -0.2) is 48.2 Å². The van der Waals surface area contributed by atoms with Crippen molar-refractivity contribution >= 4 is 17.0 Å². The van der Waals surface area contributed by atoms with Gasteiger partial charge >= 0.3 is 5.97 Å². The average Bonchev–Trinajstić information content (AvgIpc) is 2.96. The summed E-state index contributed by atoms with van der Waals surface area (Å²) in [6.45, 7) is -0.521. The topological polar surface area (TPSA) is 97.4 Å². The highest BCUT2D eigenvalue weighted by atomic mass is 16.4. The lowest BCUT2D eigenvalue weighted by molar-refractivity contribution is -0.137. The van der Waals surface area contributed by atoms with E-state index in [-0.39, 0.29) is 23.0 Å². The Morgan fingerprint density at radius 2 is 1.39 bits per heavy atom. The van der Waals surface area contributed by atoms with Gasteiger partial charge in [0, 0.05) is 30.2 Å². The number of hydrogen-bond acceptors (Lipinski definition) is 5. The van der Waals surface area contributed by atoms with Crippen LogP contribution in [0.2, 0.25) is 0 Å². The fourth-order valence-electron chi connectivity index (χ4n) is 7.99. The first kappa shape index (κ1) is 27.9. The molecular weight excluding hydrogens is 516 g/mol. The molecule has 0 spiro atoms. The van der Waals surface area contributed by atoms with Gasteiger partial charge in [0.25, 0.3) is 11.1 Å². The molecule has 0 amide bonds. The monoisotopic (exact) mass is 558 g/mol. The molecular formula is C33H42N4O4. The molecule has 2 bridgehead atoms. The molecule has 3 aromatic rings. The van der Waals surface area contributed by atoms with Crippen molar-refractivity contribution in [2.24, 2.45) is 0 Å². The molecule has 2 unspecified atom stereocenters. The zero-order valence-electron chi connectivity index (χ0n) is 23.9. The number of carbonyl (C=O) groups is 1. The van der Waals surface area contributed by atoms with Gasteiger partial charge in [-0.2, -0.15) is 0 Å². The van der Waals surface area contributed by atoms with Gasteiger partial charge in [-0.3, -0.25) is 23.9 Å². The number of fused-ring (bicyclic) bond motifs is 3. The summed E-state index contributed by atoms with van der Waals surface area (Å²) in [5, 5.41) is 9.48. The fraction of sp³-hybridized carbons (Fsp3) is 0.576. The molecule has 3 aliphatic rings. The standard InChI is InChI=1S/C33H42N4O4/c38-30-19-11-18-29(35(30)22-31(39)40)32-33(41)37(28-17-9-8-16-27(28)34-32)26-20-24-14-10-15-25(21-26)36(24)23-12-6-4-2-1-3-5-7-13-23/h8-9,11,16-19,23-26H,1-7,10,12-15,20-22H2,(H,39,40). The van der Waals surface area contributed by atoms with Crippen molar-refractivity contribution in [2.75, 3.05) is 0 Å². The number of aromatic nitrogens is 3. The Morgan fingerprint density at radius 3 is 2.07 bits per heavy atom. The van der Waals surface area contributed by atoms with Gasteiger partial charge in [0.05, 0.1) is 16.7 Å². The van der Waals surface area contributed by atoms with Crippen LogP contribution in [0.25, 0.3) is 22.4 Å². The number of rotatable bonds is 5. The molecule has 6 rings (SSSR count). The van der Waals surface area contributed by atoms with E-state index in [1.165, 1.54) is 83.1 Å². The number of nitrogens with zero attached hydrogens (tertiary/aromatic N) is 4. The van der Waals surface area contributed by atoms with Gasteiger partial charge in [0.15, 0.2) is 5.69 Å². The van der Waals surface area contributed by atoms with E-state index in [1.54, 1.807) is 12.1 Å². The van der Waals surface area contributed by atoms with Gasteiger partial charge in [-0.25, -0.2) is 4.98 Å². The molecule has 2 atom stereocenters. The van der Waals surface area contributed by atoms with Crippen LogP contribution in [0, 0.1) is 0 Å². The molecule has 1 aromatic carbocycles. The highest BCUT2D eigenvalue weighted by Gasteiger charge is 2.42. The molecule has 2 saturated heterocycles. The fourth-order valence-corrected chi connectivity index (χ4v) is 7.99. The Balaban J connectivity index is 1.39. The summed E-state index contributed by atoms with van der Waals surface area (Å²) < 4.78 is 3.07. The first-order chi connectivity index (χ1) is 20.0. The summed E-state index contributed by atoms with van der Waals surface area (Å²) in [5.41, 5.74) is 1.17. The second-order valence-electron chi connectivity index (χ2n) is 12.4. The van der Waals surface area contributed by atoms with Crippen LogP contribution in [0.15, 0.2) is 52.1 Å². The van der Waals surface area contributed by atoms with Crippen LogP contribution in [0.3, 0.4) is 0 Å². The Bertz CT molecular complexity index is 1490. The van der Waals surface area contributed by atoms with Gasteiger partial charge in [0.2, 0.25) is 0 Å². The van der Waals surface area contributed by atoms with E-state index >= 15 is 0 Å². The Morgan fingerprint density at radius 1 is 0.756 bits per heavy atom. The number of carboxylic acids is 1. The molecule has 1 aliphatic carbocycles. The summed E-state index contributed by atoms with van der Waals surface area (Å²) in [7, 11) is 0. The maximum Gasteiger partial charge on any atom is 0.323 e. The first-order valence-corrected chi connectivity index (χ1v) is 15.7. The van der Waals surface area contributed by atoms with Crippen molar-refractivity contribution in [2.45, 2.75) is 121 Å². The van der Waals surface area contributed by atoms with Crippen molar-refractivity contribution < 1.29 is 9.90 Å². The third kappa shape index (κ3) is 5.76. The number of piperidine rings is 2. The lowest BCUT2D eigenvalue weighted by atomic mass is 9.79. The smallest absolute Gasteiger partial charge is 0.323 e. The van der Waals surface area contributed by atoms with Crippen molar-refractivity contribution in [1.29, 1.82) is 0 Å². The number of hydrogen-bond donors (Lipinski definition) is 1. The average molecular weight is 559 g/mol. The number of para-hydroxylation sites is 2. The number of carboxylic acid groups (broad SMARTS) is 1. The number of aliphatic carboxylic acids is 1. The summed E-state index contributed by atoms with van der Waals surface area (Å²) >= 11 is 0. The van der Waals surface area contributed by atoms with Gasteiger partial charge in [-0.15, -0.1) is 0 Å². The maximum atomic E-state index is 14.3. The minimum absolute atomic E-state index is 0.0311. The number of pyridine rings is 1. The quantitative estimate of drug-likeness (QED) is 0.428. The van der Waals surface area contributed by atoms with E-state index in [0.29, 0.717) is 23.6 Å². The summed E-state index contributed by atoms with van der Waals surface area (Å²) in [4.78, 5) is 46.2. The molecule has 218 valence electrons. The predicted octanol–water partition coefficient (Wildman–Crippen LogP) is 5.76. The Kier molecular flexibility index (Phi) is 8.37. The SMILES string of the molecule is O=C(O)Cn1c(-c2nc3ccccc3n(C3CC4CCCC(C3)N4C3CCCCCCCCC3)c2=O)cccc1=O. The molecule has 2 aromatic heterocycles. The van der Waals surface area contributed by atoms with Crippen molar-refractivity contribution in [3.63, 3.8) is 0 Å². The molecule has 8 heteroatoms. The molecule has 0 radical (unpaired) electrons. The molecule has 1 saturated carbocycles. The van der Waals surface area contributed by atoms with Crippen LogP contribution in [0.4, 0.5) is 0 Å². The second kappa shape index (κ2) is 12.3. The summed E-state index contributed by atoms with van der Waals surface area (Å²) in [6.07, 6.45) is 17.4. The predicted molar refractivity (Wildman–Crippen MR) is 160 cm³/mol. The van der Waals surface area contributed by atoms with E-state index < -0.39 is 18.1 Å². The third-order valence-electron chi connectivity index (χ3n) is 9.75. The van der Waals surface area contributed by atoms with Crippen molar-refractivity contribution in [3.8, 4) is 11.4 Å². The Labute approximate surface area is 241 Å². The second-order valence-corrected chi connectivity index (χ2v) is 12.4. The van der Waals surface area contributed by atoms with Crippen molar-refractivity contribution in [3.05, 3.63) is 63.2 Å². The molecule has 8 nitrogen and oxygen atoms in total.